The summed E-state index contributed by atoms with van der Waals surface area (Å²) in [5.74, 6) is -3.81. The number of fused-ring (bicyclic) bond motifs is 1. The Morgan fingerprint density at radius 3 is 2.37 bits per heavy atom. The van der Waals surface area contributed by atoms with E-state index in [0.29, 0.717) is 10.6 Å². The summed E-state index contributed by atoms with van der Waals surface area (Å²) in [6.07, 6.45) is -10.1. The van der Waals surface area contributed by atoms with Gasteiger partial charge in [0.2, 0.25) is 5.82 Å². The van der Waals surface area contributed by atoms with Gasteiger partial charge in [-0.1, -0.05) is 11.6 Å². The summed E-state index contributed by atoms with van der Waals surface area (Å²) in [4.78, 5) is 14.5. The number of imidazole rings is 1. The van der Waals surface area contributed by atoms with E-state index in [1.54, 1.807) is 0 Å². The fourth-order valence-electron chi connectivity index (χ4n) is 2.37. The normalized spacial score (nSPS) is 12.7. The van der Waals surface area contributed by atoms with Gasteiger partial charge in [0.1, 0.15) is 11.5 Å². The van der Waals surface area contributed by atoms with Crippen molar-refractivity contribution in [2.75, 3.05) is 0 Å². The predicted octanol–water partition coefficient (Wildman–Crippen LogP) is 4.51. The zero-order valence-corrected chi connectivity index (χ0v) is 13.8. The van der Waals surface area contributed by atoms with E-state index in [0.717, 1.165) is 6.07 Å². The topological polar surface area (TPSA) is 70.4 Å². The molecule has 0 radical (unpaired) electrons. The summed E-state index contributed by atoms with van der Waals surface area (Å²) in [6, 6.07) is 1.48. The van der Waals surface area contributed by atoms with Crippen LogP contribution in [0.1, 0.15) is 17.3 Å². The largest absolute Gasteiger partial charge is 0.573 e. The summed E-state index contributed by atoms with van der Waals surface area (Å²) in [5.41, 5.74) is -0.695. The minimum atomic E-state index is -5.11. The maximum absolute atomic E-state index is 13.3. The highest BCUT2D eigenvalue weighted by Gasteiger charge is 2.39. The first-order valence-corrected chi connectivity index (χ1v) is 7.35. The number of benzene rings is 1. The third-order valence-corrected chi connectivity index (χ3v) is 3.71. The Hall–Kier alpha value is -2.63. The SMILES string of the molecule is Cc1oc(=O)oc1Cn1c(C(F)(F)F)nc2cc(Cl)c(OC(F)(F)F)cc21. The van der Waals surface area contributed by atoms with Crippen molar-refractivity contribution in [3.63, 3.8) is 0 Å². The Balaban J connectivity index is 2.22. The summed E-state index contributed by atoms with van der Waals surface area (Å²) < 4.78 is 90.9. The molecule has 0 aliphatic heterocycles. The second-order valence-electron chi connectivity index (χ2n) is 5.27. The van der Waals surface area contributed by atoms with Crippen LogP contribution in [0.3, 0.4) is 0 Å². The molecular weight excluding hydrogens is 410 g/mol. The van der Waals surface area contributed by atoms with Gasteiger partial charge in [0.25, 0.3) is 0 Å². The minimum Gasteiger partial charge on any atom is -0.404 e. The van der Waals surface area contributed by atoms with Crippen molar-refractivity contribution in [2.45, 2.75) is 26.0 Å². The highest BCUT2D eigenvalue weighted by Crippen LogP contribution is 2.37. The second kappa shape index (κ2) is 6.22. The zero-order chi connectivity index (χ0) is 20.1. The van der Waals surface area contributed by atoms with Gasteiger partial charge in [-0.3, -0.25) is 0 Å². The molecule has 2 heterocycles. The van der Waals surface area contributed by atoms with Crippen LogP contribution in [0.15, 0.2) is 25.8 Å². The number of nitrogens with zero attached hydrogens (tertiary/aromatic N) is 2. The standard InChI is InChI=1S/C14H7ClF6N2O4/c1-5-10(26-12(24)25-5)4-23-8-3-9(27-14(19,20)21)6(15)2-7(8)22-11(23)13(16,17)18/h2-3H,4H2,1H3. The van der Waals surface area contributed by atoms with Crippen LogP contribution in [-0.2, 0) is 12.7 Å². The maximum Gasteiger partial charge on any atom is 0.573 e. The van der Waals surface area contributed by atoms with E-state index in [4.69, 9.17) is 11.6 Å². The van der Waals surface area contributed by atoms with Crippen LogP contribution in [0.25, 0.3) is 11.0 Å². The molecule has 0 saturated heterocycles. The molecule has 146 valence electrons. The molecule has 0 unspecified atom stereocenters. The number of hydrogen-bond donors (Lipinski definition) is 0. The summed E-state index contributed by atoms with van der Waals surface area (Å²) in [6.45, 7) is 0.609. The van der Waals surface area contributed by atoms with Crippen molar-refractivity contribution < 1.29 is 39.9 Å². The molecule has 3 rings (SSSR count). The van der Waals surface area contributed by atoms with Crippen molar-refractivity contribution in [3.05, 3.63) is 45.1 Å². The van der Waals surface area contributed by atoms with E-state index < -0.39 is 41.5 Å². The van der Waals surface area contributed by atoms with Crippen molar-refractivity contribution in [3.8, 4) is 5.75 Å². The molecule has 2 aromatic heterocycles. The number of ether oxygens (including phenoxy) is 1. The van der Waals surface area contributed by atoms with Crippen molar-refractivity contribution in [2.24, 2.45) is 0 Å². The number of rotatable bonds is 3. The van der Waals surface area contributed by atoms with Gasteiger partial charge < -0.3 is 18.1 Å². The predicted molar refractivity (Wildman–Crippen MR) is 77.5 cm³/mol. The van der Waals surface area contributed by atoms with Gasteiger partial charge in [0.15, 0.2) is 5.76 Å². The summed E-state index contributed by atoms with van der Waals surface area (Å²) in [7, 11) is 0. The Morgan fingerprint density at radius 2 is 1.85 bits per heavy atom. The fraction of sp³-hybridized carbons (Fsp3) is 0.286. The lowest BCUT2D eigenvalue weighted by Crippen LogP contribution is -2.17. The lowest BCUT2D eigenvalue weighted by atomic mass is 10.3. The molecular formula is C14H7ClF6N2O4. The van der Waals surface area contributed by atoms with Gasteiger partial charge >= 0.3 is 18.4 Å². The van der Waals surface area contributed by atoms with Gasteiger partial charge in [-0.15, -0.1) is 13.2 Å². The van der Waals surface area contributed by atoms with Crippen LogP contribution in [-0.4, -0.2) is 15.9 Å². The molecule has 13 heteroatoms. The van der Waals surface area contributed by atoms with E-state index >= 15 is 0 Å². The fourth-order valence-corrected chi connectivity index (χ4v) is 2.56. The lowest BCUT2D eigenvalue weighted by molar-refractivity contribution is -0.274. The Bertz CT molecular complexity index is 1060. The van der Waals surface area contributed by atoms with Gasteiger partial charge in [-0.05, 0) is 13.0 Å². The highest BCUT2D eigenvalue weighted by atomic mass is 35.5. The monoisotopic (exact) mass is 416 g/mol. The van der Waals surface area contributed by atoms with Crippen LogP contribution >= 0.6 is 11.6 Å². The minimum absolute atomic E-state index is 0.0873. The molecule has 0 bridgehead atoms. The molecule has 6 nitrogen and oxygen atoms in total. The Morgan fingerprint density at radius 1 is 1.19 bits per heavy atom. The number of alkyl halides is 6. The van der Waals surface area contributed by atoms with Crippen LogP contribution in [0.4, 0.5) is 26.3 Å². The average Bonchev–Trinajstić information content (AvgIpc) is 2.98. The molecule has 0 N–H and O–H groups in total. The molecule has 0 atom stereocenters. The molecule has 3 aromatic rings. The van der Waals surface area contributed by atoms with Crippen molar-refractivity contribution in [1.82, 2.24) is 9.55 Å². The summed E-state index contributed by atoms with van der Waals surface area (Å²) in [5, 5.41) is -0.579. The van der Waals surface area contributed by atoms with Crippen molar-refractivity contribution in [1.29, 1.82) is 0 Å². The van der Waals surface area contributed by atoms with Crippen LogP contribution in [0, 0.1) is 6.92 Å². The Kier molecular flexibility index (Phi) is 4.41. The number of hydrogen-bond acceptors (Lipinski definition) is 5. The number of aryl methyl sites for hydroxylation is 1. The summed E-state index contributed by atoms with van der Waals surface area (Å²) >= 11 is 5.64. The molecule has 1 aromatic carbocycles. The first kappa shape index (κ1) is 19.1. The van der Waals surface area contributed by atoms with Gasteiger partial charge in [0, 0.05) is 6.07 Å². The van der Waals surface area contributed by atoms with Gasteiger partial charge in [-0.25, -0.2) is 9.78 Å². The number of aromatic nitrogens is 2. The number of halogens is 7. The quantitative estimate of drug-likeness (QED) is 0.588. The van der Waals surface area contributed by atoms with E-state index in [9.17, 15) is 31.1 Å². The van der Waals surface area contributed by atoms with E-state index in [2.05, 4.69) is 18.6 Å². The lowest BCUT2D eigenvalue weighted by Gasteiger charge is -2.12. The molecule has 0 fully saturated rings. The van der Waals surface area contributed by atoms with Crippen LogP contribution in [0.2, 0.25) is 5.02 Å². The second-order valence-corrected chi connectivity index (χ2v) is 5.68. The molecule has 0 amide bonds. The first-order valence-electron chi connectivity index (χ1n) is 6.97. The molecule has 0 spiro atoms. The molecule has 27 heavy (non-hydrogen) atoms. The average molecular weight is 417 g/mol. The van der Waals surface area contributed by atoms with Gasteiger partial charge in [-0.2, -0.15) is 13.2 Å². The molecule has 0 aliphatic carbocycles. The van der Waals surface area contributed by atoms with E-state index in [1.165, 1.54) is 6.92 Å². The van der Waals surface area contributed by atoms with Crippen LogP contribution < -0.4 is 10.6 Å². The van der Waals surface area contributed by atoms with Crippen molar-refractivity contribution >= 4 is 22.6 Å². The smallest absolute Gasteiger partial charge is 0.404 e. The van der Waals surface area contributed by atoms with Crippen LogP contribution in [0.5, 0.6) is 5.75 Å². The highest BCUT2D eigenvalue weighted by molar-refractivity contribution is 6.32. The molecule has 0 aliphatic rings. The Labute approximate surface area is 149 Å². The van der Waals surface area contributed by atoms with E-state index in [1.807, 2.05) is 0 Å². The zero-order valence-electron chi connectivity index (χ0n) is 13.0. The first-order chi connectivity index (χ1) is 12.3. The maximum atomic E-state index is 13.3. The third kappa shape index (κ3) is 3.89. The third-order valence-electron chi connectivity index (χ3n) is 3.42. The molecule has 0 saturated carbocycles. The van der Waals surface area contributed by atoms with E-state index in [-0.39, 0.29) is 22.6 Å². The van der Waals surface area contributed by atoms with Gasteiger partial charge in [0.05, 0.1) is 22.6 Å².